The average Bonchev–Trinajstić information content (AvgIpc) is 2.89. The SMILES string of the molecule is CCCNC(=O)[C@@H](Cc1ccccc1)N(Cc1ccccc1)C(=O)CN(c1ccccc1Cl)S(C)(=O)=O. The van der Waals surface area contributed by atoms with Crippen molar-refractivity contribution in [1.29, 1.82) is 0 Å². The number of nitrogens with zero attached hydrogens (tertiary/aromatic N) is 2. The Morgan fingerprint density at radius 2 is 1.46 bits per heavy atom. The number of anilines is 1. The number of nitrogens with one attached hydrogen (secondary N) is 1. The van der Waals surface area contributed by atoms with Crippen LogP contribution < -0.4 is 9.62 Å². The molecule has 0 saturated carbocycles. The number of halogens is 1. The molecular formula is C28H32ClN3O4S. The number of para-hydroxylation sites is 1. The van der Waals surface area contributed by atoms with E-state index in [9.17, 15) is 18.0 Å². The highest BCUT2D eigenvalue weighted by molar-refractivity contribution is 7.92. The maximum absolute atomic E-state index is 13.9. The fourth-order valence-corrected chi connectivity index (χ4v) is 5.10. The van der Waals surface area contributed by atoms with Gasteiger partial charge in [-0.25, -0.2) is 8.42 Å². The maximum atomic E-state index is 13.9. The summed E-state index contributed by atoms with van der Waals surface area (Å²) in [7, 11) is -3.86. The first kappa shape index (κ1) is 28.2. The van der Waals surface area contributed by atoms with Crippen molar-refractivity contribution < 1.29 is 18.0 Å². The highest BCUT2D eigenvalue weighted by Gasteiger charge is 2.33. The van der Waals surface area contributed by atoms with Gasteiger partial charge in [0, 0.05) is 19.5 Å². The minimum absolute atomic E-state index is 0.136. The third-order valence-electron chi connectivity index (χ3n) is 5.82. The number of amides is 2. The molecule has 3 aromatic rings. The van der Waals surface area contributed by atoms with Gasteiger partial charge in [0.15, 0.2) is 0 Å². The minimum Gasteiger partial charge on any atom is -0.354 e. The normalized spacial score (nSPS) is 12.0. The number of benzene rings is 3. The standard InChI is InChI=1S/C28H32ClN3O4S/c1-3-18-30-28(34)26(19-22-12-6-4-7-13-22)31(20-23-14-8-5-9-15-23)27(33)21-32(37(2,35)36)25-17-11-10-16-24(25)29/h4-17,26H,3,18-21H2,1-2H3,(H,30,34)/t26-/m1/s1. The lowest BCUT2D eigenvalue weighted by atomic mass is 10.0. The third kappa shape index (κ3) is 8.06. The van der Waals surface area contributed by atoms with Gasteiger partial charge in [0.1, 0.15) is 12.6 Å². The van der Waals surface area contributed by atoms with Crippen LogP contribution in [0.2, 0.25) is 5.02 Å². The fourth-order valence-electron chi connectivity index (χ4n) is 3.95. The van der Waals surface area contributed by atoms with E-state index in [1.165, 1.54) is 4.90 Å². The number of hydrogen-bond donors (Lipinski definition) is 1. The third-order valence-corrected chi connectivity index (χ3v) is 7.26. The Balaban J connectivity index is 2.03. The van der Waals surface area contributed by atoms with E-state index in [-0.39, 0.29) is 29.6 Å². The van der Waals surface area contributed by atoms with Crippen LogP contribution in [0.15, 0.2) is 84.9 Å². The maximum Gasteiger partial charge on any atom is 0.244 e. The average molecular weight is 542 g/mol. The summed E-state index contributed by atoms with van der Waals surface area (Å²) in [5.41, 5.74) is 1.91. The lowest BCUT2D eigenvalue weighted by Crippen LogP contribution is -2.53. The molecule has 9 heteroatoms. The molecule has 0 aliphatic rings. The second kappa shape index (κ2) is 13.3. The molecule has 3 aromatic carbocycles. The lowest BCUT2D eigenvalue weighted by Gasteiger charge is -2.33. The molecule has 2 amide bonds. The van der Waals surface area contributed by atoms with Crippen LogP contribution in [0.3, 0.4) is 0 Å². The zero-order valence-corrected chi connectivity index (χ0v) is 22.6. The van der Waals surface area contributed by atoms with Crippen molar-refractivity contribution in [2.75, 3.05) is 23.7 Å². The molecule has 196 valence electrons. The van der Waals surface area contributed by atoms with Gasteiger partial charge < -0.3 is 10.2 Å². The van der Waals surface area contributed by atoms with Gasteiger partial charge in [-0.1, -0.05) is 91.3 Å². The summed E-state index contributed by atoms with van der Waals surface area (Å²) in [5.74, 6) is -0.805. The summed E-state index contributed by atoms with van der Waals surface area (Å²) in [6.07, 6.45) is 2.05. The second-order valence-electron chi connectivity index (χ2n) is 8.72. The highest BCUT2D eigenvalue weighted by Crippen LogP contribution is 2.27. The number of carbonyl (C=O) groups excluding carboxylic acids is 2. The van der Waals surface area contributed by atoms with Crippen LogP contribution in [0.4, 0.5) is 5.69 Å². The first-order valence-corrected chi connectivity index (χ1v) is 14.3. The molecule has 3 rings (SSSR count). The smallest absolute Gasteiger partial charge is 0.244 e. The van der Waals surface area contributed by atoms with Crippen molar-refractivity contribution in [3.05, 3.63) is 101 Å². The first-order valence-electron chi connectivity index (χ1n) is 12.1. The Bertz CT molecular complexity index is 1290. The van der Waals surface area contributed by atoms with Gasteiger partial charge in [-0.05, 0) is 29.7 Å². The van der Waals surface area contributed by atoms with Crippen molar-refractivity contribution in [2.45, 2.75) is 32.4 Å². The van der Waals surface area contributed by atoms with E-state index in [4.69, 9.17) is 11.6 Å². The van der Waals surface area contributed by atoms with Crippen LogP contribution in [-0.4, -0.2) is 50.5 Å². The van der Waals surface area contributed by atoms with E-state index in [0.717, 1.165) is 28.1 Å². The Labute approximate surface area is 224 Å². The van der Waals surface area contributed by atoms with Gasteiger partial charge in [0.2, 0.25) is 21.8 Å². The Hall–Kier alpha value is -3.36. The largest absolute Gasteiger partial charge is 0.354 e. The molecule has 0 bridgehead atoms. The number of hydrogen-bond acceptors (Lipinski definition) is 4. The van der Waals surface area contributed by atoms with Gasteiger partial charge in [-0.3, -0.25) is 13.9 Å². The summed E-state index contributed by atoms with van der Waals surface area (Å²) < 4.78 is 26.5. The van der Waals surface area contributed by atoms with Crippen LogP contribution in [0.5, 0.6) is 0 Å². The molecule has 0 aliphatic carbocycles. The van der Waals surface area contributed by atoms with Crippen LogP contribution in [0.25, 0.3) is 0 Å². The quantitative estimate of drug-likeness (QED) is 0.371. The van der Waals surface area contributed by atoms with E-state index in [0.29, 0.717) is 6.54 Å². The predicted octanol–water partition coefficient (Wildman–Crippen LogP) is 4.27. The van der Waals surface area contributed by atoms with Crippen molar-refractivity contribution >= 4 is 39.1 Å². The summed E-state index contributed by atoms with van der Waals surface area (Å²) in [6, 6.07) is 24.4. The Kier molecular flexibility index (Phi) is 10.1. The molecule has 0 fully saturated rings. The molecule has 0 aliphatic heterocycles. The monoisotopic (exact) mass is 541 g/mol. The molecule has 0 spiro atoms. The van der Waals surface area contributed by atoms with Crippen molar-refractivity contribution in [1.82, 2.24) is 10.2 Å². The number of sulfonamides is 1. The van der Waals surface area contributed by atoms with Crippen LogP contribution in [0, 0.1) is 0 Å². The summed E-state index contributed by atoms with van der Waals surface area (Å²) in [5, 5.41) is 3.12. The van der Waals surface area contributed by atoms with Crippen molar-refractivity contribution in [3.8, 4) is 0 Å². The highest BCUT2D eigenvalue weighted by atomic mass is 35.5. The summed E-state index contributed by atoms with van der Waals surface area (Å²) in [6.45, 7) is 2.05. The van der Waals surface area contributed by atoms with E-state index in [1.54, 1.807) is 24.3 Å². The number of carbonyl (C=O) groups is 2. The molecule has 0 unspecified atom stereocenters. The summed E-state index contributed by atoms with van der Waals surface area (Å²) >= 11 is 6.30. The zero-order chi connectivity index (χ0) is 26.8. The predicted molar refractivity (Wildman–Crippen MR) is 148 cm³/mol. The minimum atomic E-state index is -3.86. The van der Waals surface area contributed by atoms with Crippen LogP contribution >= 0.6 is 11.6 Å². The molecule has 0 radical (unpaired) electrons. The van der Waals surface area contributed by atoms with E-state index in [1.807, 2.05) is 67.6 Å². The molecule has 1 atom stereocenters. The Morgan fingerprint density at radius 1 is 0.892 bits per heavy atom. The molecule has 1 N–H and O–H groups in total. The molecule has 0 aromatic heterocycles. The first-order chi connectivity index (χ1) is 17.7. The molecule has 7 nitrogen and oxygen atoms in total. The van der Waals surface area contributed by atoms with Crippen LogP contribution in [-0.2, 0) is 32.6 Å². The molecule has 37 heavy (non-hydrogen) atoms. The number of rotatable bonds is 12. The molecule has 0 saturated heterocycles. The fraction of sp³-hybridized carbons (Fsp3) is 0.286. The van der Waals surface area contributed by atoms with E-state index < -0.39 is 28.5 Å². The second-order valence-corrected chi connectivity index (χ2v) is 11.0. The van der Waals surface area contributed by atoms with E-state index >= 15 is 0 Å². The van der Waals surface area contributed by atoms with Gasteiger partial charge in [0.05, 0.1) is 17.0 Å². The van der Waals surface area contributed by atoms with E-state index in [2.05, 4.69) is 5.32 Å². The van der Waals surface area contributed by atoms with Crippen molar-refractivity contribution in [2.24, 2.45) is 0 Å². The van der Waals surface area contributed by atoms with Gasteiger partial charge >= 0.3 is 0 Å². The Morgan fingerprint density at radius 3 is 2.03 bits per heavy atom. The molecule has 0 heterocycles. The lowest BCUT2D eigenvalue weighted by molar-refractivity contribution is -0.140. The van der Waals surface area contributed by atoms with Gasteiger partial charge in [-0.2, -0.15) is 0 Å². The topological polar surface area (TPSA) is 86.8 Å². The zero-order valence-electron chi connectivity index (χ0n) is 21.0. The molecular weight excluding hydrogens is 510 g/mol. The van der Waals surface area contributed by atoms with Gasteiger partial charge in [0.25, 0.3) is 0 Å². The summed E-state index contributed by atoms with van der Waals surface area (Å²) in [4.78, 5) is 28.7. The van der Waals surface area contributed by atoms with Gasteiger partial charge in [-0.15, -0.1) is 0 Å². The van der Waals surface area contributed by atoms with Crippen molar-refractivity contribution in [3.63, 3.8) is 0 Å². The van der Waals surface area contributed by atoms with Crippen LogP contribution in [0.1, 0.15) is 24.5 Å².